The Morgan fingerprint density at radius 2 is 2.30 bits per heavy atom. The Bertz CT molecular complexity index is 492. The van der Waals surface area contributed by atoms with E-state index in [4.69, 9.17) is 5.73 Å². The molecule has 1 fully saturated rings. The van der Waals surface area contributed by atoms with E-state index in [-0.39, 0.29) is 11.9 Å². The van der Waals surface area contributed by atoms with Crippen LogP contribution in [0.5, 0.6) is 0 Å². The van der Waals surface area contributed by atoms with Crippen LogP contribution in [0.3, 0.4) is 0 Å². The van der Waals surface area contributed by atoms with E-state index in [0.29, 0.717) is 5.25 Å². The molecule has 1 aromatic carbocycles. The Labute approximate surface area is 125 Å². The number of anilines is 2. The fourth-order valence-corrected chi connectivity index (χ4v) is 3.47. The smallest absolute Gasteiger partial charge is 0.241 e. The largest absolute Gasteiger partial charge is 0.399 e. The maximum Gasteiger partial charge on any atom is 0.241 e. The molecule has 0 bridgehead atoms. The van der Waals surface area contributed by atoms with Gasteiger partial charge in [-0.1, -0.05) is 6.92 Å². The predicted octanol–water partition coefficient (Wildman–Crippen LogP) is 2.34. The average molecular weight is 293 g/mol. The number of nitrogen functional groups attached to an aromatic ring is 1. The molecule has 20 heavy (non-hydrogen) atoms. The third-order valence-electron chi connectivity index (χ3n) is 3.71. The van der Waals surface area contributed by atoms with E-state index in [9.17, 15) is 4.79 Å². The highest BCUT2D eigenvalue weighted by Gasteiger charge is 2.26. The molecule has 0 aromatic heterocycles. The van der Waals surface area contributed by atoms with Gasteiger partial charge in [-0.2, -0.15) is 11.8 Å². The molecule has 0 aliphatic carbocycles. The van der Waals surface area contributed by atoms with Gasteiger partial charge in [-0.3, -0.25) is 9.69 Å². The highest BCUT2D eigenvalue weighted by molar-refractivity contribution is 7.99. The first-order valence-electron chi connectivity index (χ1n) is 7.00. The second-order valence-electron chi connectivity index (χ2n) is 5.42. The molecule has 1 aliphatic rings. The summed E-state index contributed by atoms with van der Waals surface area (Å²) in [7, 11) is 0. The first-order chi connectivity index (χ1) is 9.47. The minimum atomic E-state index is -0.102. The average Bonchev–Trinajstić information content (AvgIpc) is 2.41. The Balaban J connectivity index is 2.00. The molecule has 1 saturated heterocycles. The van der Waals surface area contributed by atoms with Gasteiger partial charge < -0.3 is 11.1 Å². The molecule has 5 heteroatoms. The van der Waals surface area contributed by atoms with E-state index in [1.165, 1.54) is 0 Å². The zero-order chi connectivity index (χ0) is 14.7. The Morgan fingerprint density at radius 1 is 1.55 bits per heavy atom. The fraction of sp³-hybridized carbons (Fsp3) is 0.533. The maximum atomic E-state index is 12.4. The van der Waals surface area contributed by atoms with Gasteiger partial charge in [0.1, 0.15) is 0 Å². The van der Waals surface area contributed by atoms with Crippen molar-refractivity contribution in [2.75, 3.05) is 29.9 Å². The van der Waals surface area contributed by atoms with Crippen molar-refractivity contribution < 1.29 is 4.79 Å². The lowest BCUT2D eigenvalue weighted by molar-refractivity contribution is -0.120. The third-order valence-corrected chi connectivity index (χ3v) is 4.84. The van der Waals surface area contributed by atoms with Crippen molar-refractivity contribution >= 4 is 29.0 Å². The van der Waals surface area contributed by atoms with Gasteiger partial charge in [0.05, 0.1) is 6.04 Å². The molecule has 2 atom stereocenters. The SMILES string of the molecule is Cc1cc(N)ccc1NC(=O)C(C)N1CCSC(C)C1. The molecule has 4 nitrogen and oxygen atoms in total. The lowest BCUT2D eigenvalue weighted by Gasteiger charge is -2.34. The van der Waals surface area contributed by atoms with Gasteiger partial charge in [0.2, 0.25) is 5.91 Å². The van der Waals surface area contributed by atoms with Crippen LogP contribution in [0, 0.1) is 6.92 Å². The first kappa shape index (κ1) is 15.2. The number of hydrogen-bond acceptors (Lipinski definition) is 4. The first-order valence-corrected chi connectivity index (χ1v) is 8.05. The molecule has 0 saturated carbocycles. The van der Waals surface area contributed by atoms with Crippen LogP contribution >= 0.6 is 11.8 Å². The second kappa shape index (κ2) is 6.50. The summed E-state index contributed by atoms with van der Waals surface area (Å²) in [5, 5.41) is 3.60. The fourth-order valence-electron chi connectivity index (χ4n) is 2.43. The van der Waals surface area contributed by atoms with Crippen LogP contribution in [0.25, 0.3) is 0 Å². The predicted molar refractivity (Wildman–Crippen MR) is 87.2 cm³/mol. The minimum Gasteiger partial charge on any atom is -0.399 e. The molecule has 1 amide bonds. The Hall–Kier alpha value is -1.20. The molecule has 1 aliphatic heterocycles. The molecule has 1 heterocycles. The summed E-state index contributed by atoms with van der Waals surface area (Å²) >= 11 is 1.97. The third kappa shape index (κ3) is 3.67. The number of aryl methyl sites for hydroxylation is 1. The van der Waals surface area contributed by atoms with E-state index in [1.807, 2.05) is 43.8 Å². The summed E-state index contributed by atoms with van der Waals surface area (Å²) in [6, 6.07) is 5.45. The maximum absolute atomic E-state index is 12.4. The number of amides is 1. The summed E-state index contributed by atoms with van der Waals surface area (Å²) in [5.74, 6) is 1.15. The van der Waals surface area contributed by atoms with Gasteiger partial charge in [-0.25, -0.2) is 0 Å². The van der Waals surface area contributed by atoms with Crippen LogP contribution in [0.1, 0.15) is 19.4 Å². The van der Waals surface area contributed by atoms with Crippen molar-refractivity contribution in [1.82, 2.24) is 4.90 Å². The van der Waals surface area contributed by atoms with Gasteiger partial charge in [0, 0.05) is 35.5 Å². The number of hydrogen-bond donors (Lipinski definition) is 2. The second-order valence-corrected chi connectivity index (χ2v) is 6.96. The highest BCUT2D eigenvalue weighted by Crippen LogP contribution is 2.21. The van der Waals surface area contributed by atoms with Crippen LogP contribution in [-0.2, 0) is 4.79 Å². The quantitative estimate of drug-likeness (QED) is 0.840. The number of thioether (sulfide) groups is 1. The van der Waals surface area contributed by atoms with Crippen LogP contribution in [0.2, 0.25) is 0 Å². The number of benzene rings is 1. The van der Waals surface area contributed by atoms with E-state index in [2.05, 4.69) is 17.1 Å². The van der Waals surface area contributed by atoms with E-state index >= 15 is 0 Å². The van der Waals surface area contributed by atoms with Crippen LogP contribution in [0.15, 0.2) is 18.2 Å². The highest BCUT2D eigenvalue weighted by atomic mass is 32.2. The van der Waals surface area contributed by atoms with Crippen LogP contribution in [-0.4, -0.2) is 40.9 Å². The summed E-state index contributed by atoms with van der Waals surface area (Å²) in [6.45, 7) is 8.09. The zero-order valence-electron chi connectivity index (χ0n) is 12.3. The van der Waals surface area contributed by atoms with E-state index < -0.39 is 0 Å². The van der Waals surface area contributed by atoms with Crippen molar-refractivity contribution in [3.05, 3.63) is 23.8 Å². The van der Waals surface area contributed by atoms with Gasteiger partial charge in [-0.05, 0) is 37.6 Å². The lowest BCUT2D eigenvalue weighted by atomic mass is 10.1. The molecule has 2 rings (SSSR count). The number of rotatable bonds is 3. The van der Waals surface area contributed by atoms with Gasteiger partial charge in [-0.15, -0.1) is 0 Å². The van der Waals surface area contributed by atoms with Gasteiger partial charge in [0.25, 0.3) is 0 Å². The van der Waals surface area contributed by atoms with Crippen molar-refractivity contribution in [1.29, 1.82) is 0 Å². The number of nitrogens with two attached hydrogens (primary N) is 1. The lowest BCUT2D eigenvalue weighted by Crippen LogP contribution is -2.47. The van der Waals surface area contributed by atoms with Gasteiger partial charge >= 0.3 is 0 Å². The monoisotopic (exact) mass is 293 g/mol. The summed E-state index contributed by atoms with van der Waals surface area (Å²) < 4.78 is 0. The molecule has 1 aromatic rings. The molecular formula is C15H23N3OS. The standard InChI is InChI=1S/C15H23N3OS/c1-10-8-13(16)4-5-14(10)17-15(19)12(3)18-6-7-20-11(2)9-18/h4-5,8,11-12H,6-7,9,16H2,1-3H3,(H,17,19). The number of carbonyl (C=O) groups is 1. The Kier molecular flexibility index (Phi) is 4.94. The number of nitrogens with zero attached hydrogens (tertiary/aromatic N) is 1. The molecular weight excluding hydrogens is 270 g/mol. The molecule has 0 spiro atoms. The molecule has 0 radical (unpaired) electrons. The molecule has 3 N–H and O–H groups in total. The van der Waals surface area contributed by atoms with Gasteiger partial charge in [0.15, 0.2) is 0 Å². The van der Waals surface area contributed by atoms with Crippen molar-refractivity contribution in [2.24, 2.45) is 0 Å². The number of nitrogens with one attached hydrogen (secondary N) is 1. The zero-order valence-corrected chi connectivity index (χ0v) is 13.2. The van der Waals surface area contributed by atoms with E-state index in [1.54, 1.807) is 0 Å². The molecule has 2 unspecified atom stereocenters. The minimum absolute atomic E-state index is 0.0528. The number of carbonyl (C=O) groups excluding carboxylic acids is 1. The summed E-state index contributed by atoms with van der Waals surface area (Å²) in [4.78, 5) is 14.6. The normalized spacial score (nSPS) is 21.4. The summed E-state index contributed by atoms with van der Waals surface area (Å²) in [5.41, 5.74) is 8.28. The Morgan fingerprint density at radius 3 is 2.95 bits per heavy atom. The van der Waals surface area contributed by atoms with Crippen molar-refractivity contribution in [3.8, 4) is 0 Å². The van der Waals surface area contributed by atoms with Crippen LogP contribution in [0.4, 0.5) is 11.4 Å². The van der Waals surface area contributed by atoms with Crippen molar-refractivity contribution in [3.63, 3.8) is 0 Å². The van der Waals surface area contributed by atoms with Crippen molar-refractivity contribution in [2.45, 2.75) is 32.1 Å². The topological polar surface area (TPSA) is 58.4 Å². The summed E-state index contributed by atoms with van der Waals surface area (Å²) in [6.07, 6.45) is 0. The van der Waals surface area contributed by atoms with E-state index in [0.717, 1.165) is 35.8 Å². The van der Waals surface area contributed by atoms with Crippen LogP contribution < -0.4 is 11.1 Å². The molecule has 110 valence electrons.